The van der Waals surface area contributed by atoms with Crippen LogP contribution in [-0.4, -0.2) is 23.5 Å². The quantitative estimate of drug-likeness (QED) is 0.440. The van der Waals surface area contributed by atoms with Crippen LogP contribution in [0.2, 0.25) is 0 Å². The molecular formula is C5H12NO2P. The lowest BCUT2D eigenvalue weighted by atomic mass is 10.3. The van der Waals surface area contributed by atoms with E-state index >= 15 is 0 Å². The van der Waals surface area contributed by atoms with Crippen molar-refractivity contribution in [3.05, 3.63) is 0 Å². The van der Waals surface area contributed by atoms with Crippen LogP contribution in [0.1, 0.15) is 12.8 Å². The summed E-state index contributed by atoms with van der Waals surface area (Å²) in [5, 5.41) is 8.18. The Morgan fingerprint density at radius 3 is 2.78 bits per heavy atom. The van der Waals surface area contributed by atoms with E-state index in [2.05, 4.69) is 0 Å². The van der Waals surface area contributed by atoms with Crippen molar-refractivity contribution in [1.29, 1.82) is 0 Å². The smallest absolute Gasteiger partial charge is 0.303 e. The maximum Gasteiger partial charge on any atom is 0.303 e. The molecule has 0 saturated heterocycles. The minimum Gasteiger partial charge on any atom is -0.481 e. The lowest BCUT2D eigenvalue weighted by Crippen LogP contribution is -1.96. The number of carboxylic acid groups (broad SMARTS) is 1. The first-order valence-corrected chi connectivity index (χ1v) is 4.31. The van der Waals surface area contributed by atoms with Crippen LogP contribution < -0.4 is 5.73 Å². The molecule has 1 unspecified atom stereocenters. The number of carboxylic acids is 1. The molecule has 0 heterocycles. The Hall–Kier alpha value is -0.140. The summed E-state index contributed by atoms with van der Waals surface area (Å²) in [6.07, 6.45) is 2.71. The summed E-state index contributed by atoms with van der Waals surface area (Å²) in [4.78, 5) is 9.93. The third-order valence-electron chi connectivity index (χ3n) is 0.889. The molecule has 1 atom stereocenters. The van der Waals surface area contributed by atoms with Gasteiger partial charge in [-0.25, -0.2) is 0 Å². The van der Waals surface area contributed by atoms with Gasteiger partial charge in [-0.05, 0) is 12.6 Å². The topological polar surface area (TPSA) is 63.3 Å². The molecule has 0 rings (SSSR count). The Labute approximate surface area is 56.4 Å². The van der Waals surface area contributed by atoms with Crippen LogP contribution in [0.25, 0.3) is 0 Å². The van der Waals surface area contributed by atoms with Crippen LogP contribution in [0.4, 0.5) is 0 Å². The van der Waals surface area contributed by atoms with Crippen LogP contribution in [0.3, 0.4) is 0 Å². The standard InChI is InChI=1S/C5H12NO2P/c6-4-9-3-1-2-5(7)8/h9H,1-4,6H2,(H,7,8). The van der Waals surface area contributed by atoms with Crippen molar-refractivity contribution in [3.8, 4) is 0 Å². The van der Waals surface area contributed by atoms with Crippen LogP contribution in [0.5, 0.6) is 0 Å². The first-order chi connectivity index (χ1) is 4.27. The lowest BCUT2D eigenvalue weighted by molar-refractivity contribution is -0.137. The summed E-state index contributed by atoms with van der Waals surface area (Å²) >= 11 is 0. The maximum atomic E-state index is 9.93. The summed E-state index contributed by atoms with van der Waals surface area (Å²) in [6.45, 7) is 0. The van der Waals surface area contributed by atoms with Crippen LogP contribution in [0.15, 0.2) is 0 Å². The number of nitrogens with two attached hydrogens (primary N) is 1. The molecule has 0 bridgehead atoms. The van der Waals surface area contributed by atoms with E-state index in [0.717, 1.165) is 21.2 Å². The Kier molecular flexibility index (Phi) is 5.89. The van der Waals surface area contributed by atoms with Crippen molar-refractivity contribution in [3.63, 3.8) is 0 Å². The first-order valence-electron chi connectivity index (χ1n) is 2.90. The van der Waals surface area contributed by atoms with Crippen molar-refractivity contribution in [1.82, 2.24) is 0 Å². The predicted molar refractivity (Wildman–Crippen MR) is 39.1 cm³/mol. The van der Waals surface area contributed by atoms with Gasteiger partial charge in [0, 0.05) is 12.7 Å². The fourth-order valence-corrected chi connectivity index (χ4v) is 1.10. The highest BCUT2D eigenvalue weighted by atomic mass is 31.1. The van der Waals surface area contributed by atoms with Gasteiger partial charge in [-0.15, -0.1) is 8.58 Å². The van der Waals surface area contributed by atoms with Crippen molar-refractivity contribution in [2.75, 3.05) is 12.4 Å². The van der Waals surface area contributed by atoms with Gasteiger partial charge in [0.1, 0.15) is 0 Å². The molecule has 0 spiro atoms. The summed E-state index contributed by atoms with van der Waals surface area (Å²) < 4.78 is 0. The fourth-order valence-electron chi connectivity index (χ4n) is 0.467. The van der Waals surface area contributed by atoms with Crippen molar-refractivity contribution in [2.45, 2.75) is 12.8 Å². The summed E-state index contributed by atoms with van der Waals surface area (Å²) in [5.41, 5.74) is 5.21. The molecule has 0 aliphatic rings. The molecule has 0 fully saturated rings. The maximum absolute atomic E-state index is 9.93. The van der Waals surface area contributed by atoms with Gasteiger partial charge < -0.3 is 10.8 Å². The SMILES string of the molecule is NCPCCCC(=O)O. The number of carbonyl (C=O) groups is 1. The van der Waals surface area contributed by atoms with E-state index in [1.165, 1.54) is 0 Å². The van der Waals surface area contributed by atoms with Crippen molar-refractivity contribution in [2.24, 2.45) is 5.73 Å². The van der Waals surface area contributed by atoms with Gasteiger partial charge in [0.2, 0.25) is 0 Å². The zero-order chi connectivity index (χ0) is 7.11. The largest absolute Gasteiger partial charge is 0.481 e. The molecule has 3 N–H and O–H groups in total. The average Bonchev–Trinajstić information content (AvgIpc) is 1.80. The van der Waals surface area contributed by atoms with Crippen LogP contribution in [0, 0.1) is 0 Å². The molecule has 4 heteroatoms. The molecule has 0 aromatic heterocycles. The average molecular weight is 149 g/mol. The normalized spacial score (nSPS) is 10.8. The van der Waals surface area contributed by atoms with Gasteiger partial charge in [0.15, 0.2) is 0 Å². The van der Waals surface area contributed by atoms with E-state index in [1.807, 2.05) is 0 Å². The first kappa shape index (κ1) is 8.86. The molecule has 0 radical (unpaired) electrons. The highest BCUT2D eigenvalue weighted by molar-refractivity contribution is 7.37. The Morgan fingerprint density at radius 1 is 1.67 bits per heavy atom. The van der Waals surface area contributed by atoms with E-state index < -0.39 is 5.97 Å². The second kappa shape index (κ2) is 5.99. The third kappa shape index (κ3) is 7.86. The molecule has 0 aromatic carbocycles. The number of rotatable bonds is 5. The van der Waals surface area contributed by atoms with Crippen LogP contribution >= 0.6 is 8.58 Å². The highest BCUT2D eigenvalue weighted by Gasteiger charge is 1.93. The molecular weight excluding hydrogens is 137 g/mol. The zero-order valence-electron chi connectivity index (χ0n) is 5.26. The van der Waals surface area contributed by atoms with Crippen LogP contribution in [-0.2, 0) is 4.79 Å². The Morgan fingerprint density at radius 2 is 2.33 bits per heavy atom. The molecule has 54 valence electrons. The second-order valence-corrected chi connectivity index (χ2v) is 3.11. The number of hydrogen-bond acceptors (Lipinski definition) is 2. The van der Waals surface area contributed by atoms with Gasteiger partial charge >= 0.3 is 5.97 Å². The van der Waals surface area contributed by atoms with Crippen molar-refractivity contribution < 1.29 is 9.90 Å². The van der Waals surface area contributed by atoms with E-state index in [9.17, 15) is 4.79 Å². The molecule has 0 aromatic rings. The van der Waals surface area contributed by atoms with Gasteiger partial charge in [-0.1, -0.05) is 0 Å². The van der Waals surface area contributed by atoms with Crippen molar-refractivity contribution >= 4 is 14.6 Å². The molecule has 9 heavy (non-hydrogen) atoms. The van der Waals surface area contributed by atoms with Gasteiger partial charge in [0.25, 0.3) is 0 Å². The van der Waals surface area contributed by atoms with Gasteiger partial charge in [-0.2, -0.15) is 0 Å². The van der Waals surface area contributed by atoms with E-state index in [0.29, 0.717) is 6.29 Å². The number of aliphatic carboxylic acids is 1. The van der Waals surface area contributed by atoms with E-state index in [1.54, 1.807) is 0 Å². The molecule has 0 aliphatic carbocycles. The van der Waals surface area contributed by atoms with E-state index in [-0.39, 0.29) is 6.42 Å². The Bertz CT molecular complexity index is 87.0. The Balaban J connectivity index is 2.83. The molecule has 0 saturated carbocycles. The number of hydrogen-bond donors (Lipinski definition) is 2. The van der Waals surface area contributed by atoms with Gasteiger partial charge in [-0.3, -0.25) is 4.79 Å². The molecule has 0 aliphatic heterocycles. The molecule has 0 amide bonds. The van der Waals surface area contributed by atoms with E-state index in [4.69, 9.17) is 10.8 Å². The summed E-state index contributed by atoms with van der Waals surface area (Å²) in [5.74, 6) is -0.711. The third-order valence-corrected chi connectivity index (χ3v) is 1.88. The minimum absolute atomic E-state index is 0.285. The fraction of sp³-hybridized carbons (Fsp3) is 0.800. The lowest BCUT2D eigenvalue weighted by Gasteiger charge is -1.93. The van der Waals surface area contributed by atoms with Gasteiger partial charge in [0.05, 0.1) is 0 Å². The highest BCUT2D eigenvalue weighted by Crippen LogP contribution is 2.08. The zero-order valence-corrected chi connectivity index (χ0v) is 6.26. The second-order valence-electron chi connectivity index (χ2n) is 1.70. The predicted octanol–water partition coefficient (Wildman–Crippen LogP) is 0.446. The minimum atomic E-state index is -0.711. The molecule has 3 nitrogen and oxygen atoms in total. The summed E-state index contributed by atoms with van der Waals surface area (Å²) in [6, 6.07) is 0. The monoisotopic (exact) mass is 149 g/mol. The summed E-state index contributed by atoms with van der Waals surface area (Å²) in [7, 11) is 0.729.